The smallest absolute Gasteiger partial charge is 0.0780 e. The van der Waals surface area contributed by atoms with Crippen LogP contribution in [0.1, 0.15) is 18.2 Å². The molecule has 0 amide bonds. The lowest BCUT2D eigenvalue weighted by molar-refractivity contribution is 0.109. The molecule has 1 aliphatic heterocycles. The minimum Gasteiger partial charge on any atom is -0.391 e. The molecule has 0 bridgehead atoms. The molecule has 12 heavy (non-hydrogen) atoms. The van der Waals surface area contributed by atoms with Crippen LogP contribution in [0.5, 0.6) is 0 Å². The Kier molecular flexibility index (Phi) is 1.94. The number of nitrogens with one attached hydrogen (secondary N) is 1. The molecule has 2 rings (SSSR count). The van der Waals surface area contributed by atoms with Gasteiger partial charge in [-0.25, -0.2) is 0 Å². The number of hydrogen-bond acceptors (Lipinski definition) is 3. The monoisotopic (exact) mass is 183 g/mol. The van der Waals surface area contributed by atoms with Gasteiger partial charge in [-0.15, -0.1) is 11.3 Å². The maximum absolute atomic E-state index is 9.76. The van der Waals surface area contributed by atoms with Gasteiger partial charge < -0.3 is 10.4 Å². The zero-order chi connectivity index (χ0) is 8.60. The molecule has 1 aromatic rings. The second-order valence-corrected chi connectivity index (χ2v) is 4.36. The molecule has 1 aromatic heterocycles. The van der Waals surface area contributed by atoms with E-state index >= 15 is 0 Å². The molecule has 66 valence electrons. The van der Waals surface area contributed by atoms with Crippen molar-refractivity contribution < 1.29 is 5.11 Å². The molecule has 2 atom stereocenters. The van der Waals surface area contributed by atoms with Crippen molar-refractivity contribution in [3.63, 3.8) is 0 Å². The third-order valence-corrected chi connectivity index (χ3v) is 3.72. The summed E-state index contributed by atoms with van der Waals surface area (Å²) in [5, 5.41) is 15.2. The molecule has 1 aliphatic rings. The van der Waals surface area contributed by atoms with E-state index in [1.54, 1.807) is 11.3 Å². The molecule has 2 unspecified atom stereocenters. The van der Waals surface area contributed by atoms with Crippen molar-refractivity contribution in [1.29, 1.82) is 0 Å². The van der Waals surface area contributed by atoms with Crippen LogP contribution < -0.4 is 5.32 Å². The predicted molar refractivity (Wildman–Crippen MR) is 50.3 cm³/mol. The summed E-state index contributed by atoms with van der Waals surface area (Å²) in [7, 11) is 0. The van der Waals surface area contributed by atoms with Gasteiger partial charge in [0, 0.05) is 4.88 Å². The fourth-order valence-corrected chi connectivity index (χ4v) is 2.61. The molecule has 2 heterocycles. The van der Waals surface area contributed by atoms with Crippen LogP contribution in [0.4, 0.5) is 0 Å². The first-order valence-corrected chi connectivity index (χ1v) is 5.08. The molecule has 0 aromatic carbocycles. The highest BCUT2D eigenvalue weighted by atomic mass is 32.1. The van der Waals surface area contributed by atoms with Gasteiger partial charge >= 0.3 is 0 Å². The number of rotatable bonds is 1. The van der Waals surface area contributed by atoms with Gasteiger partial charge in [0.15, 0.2) is 0 Å². The van der Waals surface area contributed by atoms with Crippen LogP contribution in [-0.2, 0) is 5.54 Å². The largest absolute Gasteiger partial charge is 0.391 e. The fourth-order valence-electron chi connectivity index (χ4n) is 1.70. The first kappa shape index (κ1) is 8.23. The summed E-state index contributed by atoms with van der Waals surface area (Å²) >= 11 is 1.70. The Hall–Kier alpha value is -0.380. The standard InChI is InChI=1S/C9H13NOS/c1-9(7(11)4-5-10-9)8-3-2-6-12-8/h2-3,6-7,10-11H,4-5H2,1H3. The van der Waals surface area contributed by atoms with Gasteiger partial charge in [0.1, 0.15) is 0 Å². The van der Waals surface area contributed by atoms with E-state index in [1.165, 1.54) is 4.88 Å². The Balaban J connectivity index is 2.32. The van der Waals surface area contributed by atoms with Gasteiger partial charge in [-0.05, 0) is 31.3 Å². The zero-order valence-corrected chi connectivity index (χ0v) is 7.90. The van der Waals surface area contributed by atoms with Crippen LogP contribution in [0.2, 0.25) is 0 Å². The Labute approximate surface area is 76.2 Å². The lowest BCUT2D eigenvalue weighted by atomic mass is 9.95. The number of hydrogen-bond donors (Lipinski definition) is 2. The Morgan fingerprint density at radius 1 is 1.75 bits per heavy atom. The molecule has 2 N–H and O–H groups in total. The van der Waals surface area contributed by atoms with Crippen LogP contribution >= 0.6 is 11.3 Å². The molecule has 1 saturated heterocycles. The fraction of sp³-hybridized carbons (Fsp3) is 0.556. The van der Waals surface area contributed by atoms with Crippen LogP contribution in [0.25, 0.3) is 0 Å². The quantitative estimate of drug-likeness (QED) is 0.688. The second kappa shape index (κ2) is 2.83. The van der Waals surface area contributed by atoms with Crippen LogP contribution in [0.15, 0.2) is 17.5 Å². The molecular formula is C9H13NOS. The van der Waals surface area contributed by atoms with E-state index in [2.05, 4.69) is 18.3 Å². The highest BCUT2D eigenvalue weighted by molar-refractivity contribution is 7.10. The lowest BCUT2D eigenvalue weighted by Crippen LogP contribution is -2.40. The van der Waals surface area contributed by atoms with Gasteiger partial charge in [-0.1, -0.05) is 6.07 Å². The van der Waals surface area contributed by atoms with Gasteiger partial charge in [0.2, 0.25) is 0 Å². The molecule has 0 aliphatic carbocycles. The van der Waals surface area contributed by atoms with Crippen LogP contribution in [-0.4, -0.2) is 17.8 Å². The van der Waals surface area contributed by atoms with E-state index in [1.807, 2.05) is 11.4 Å². The Bertz CT molecular complexity index is 260. The summed E-state index contributed by atoms with van der Waals surface area (Å²) < 4.78 is 0. The zero-order valence-electron chi connectivity index (χ0n) is 7.08. The minimum atomic E-state index is -0.240. The second-order valence-electron chi connectivity index (χ2n) is 3.41. The molecule has 0 saturated carbocycles. The highest BCUT2D eigenvalue weighted by Crippen LogP contribution is 2.33. The predicted octanol–water partition coefficient (Wildman–Crippen LogP) is 1.32. The normalized spacial score (nSPS) is 35.7. The maximum atomic E-state index is 9.76. The third kappa shape index (κ3) is 1.09. The van der Waals surface area contributed by atoms with E-state index in [9.17, 15) is 5.11 Å². The average molecular weight is 183 g/mol. The Morgan fingerprint density at radius 2 is 2.58 bits per heavy atom. The summed E-state index contributed by atoms with van der Waals surface area (Å²) in [6.07, 6.45) is 0.616. The minimum absolute atomic E-state index is 0.200. The number of aliphatic hydroxyl groups excluding tert-OH is 1. The summed E-state index contributed by atoms with van der Waals surface area (Å²) in [4.78, 5) is 1.23. The van der Waals surface area contributed by atoms with Crippen molar-refractivity contribution in [2.24, 2.45) is 0 Å². The third-order valence-electron chi connectivity index (χ3n) is 2.61. The summed E-state index contributed by atoms with van der Waals surface area (Å²) in [5.74, 6) is 0. The molecule has 1 fully saturated rings. The van der Waals surface area contributed by atoms with E-state index in [0.717, 1.165) is 13.0 Å². The average Bonchev–Trinajstić information content (AvgIpc) is 2.62. The molecule has 3 heteroatoms. The number of thiophene rings is 1. The molecule has 0 radical (unpaired) electrons. The van der Waals surface area contributed by atoms with Gasteiger partial charge in [0.25, 0.3) is 0 Å². The van der Waals surface area contributed by atoms with Crippen molar-refractivity contribution in [1.82, 2.24) is 5.32 Å². The van der Waals surface area contributed by atoms with Crippen molar-refractivity contribution >= 4 is 11.3 Å². The van der Waals surface area contributed by atoms with Gasteiger partial charge in [-0.3, -0.25) is 0 Å². The van der Waals surface area contributed by atoms with E-state index in [0.29, 0.717) is 0 Å². The van der Waals surface area contributed by atoms with Crippen molar-refractivity contribution in [2.75, 3.05) is 6.54 Å². The van der Waals surface area contributed by atoms with Gasteiger partial charge in [0.05, 0.1) is 11.6 Å². The van der Waals surface area contributed by atoms with Crippen molar-refractivity contribution in [3.05, 3.63) is 22.4 Å². The molecule has 2 nitrogen and oxygen atoms in total. The van der Waals surface area contributed by atoms with E-state index in [4.69, 9.17) is 0 Å². The topological polar surface area (TPSA) is 32.3 Å². The summed E-state index contributed by atoms with van der Waals surface area (Å²) in [6, 6.07) is 4.10. The summed E-state index contributed by atoms with van der Waals surface area (Å²) in [5.41, 5.74) is -0.200. The highest BCUT2D eigenvalue weighted by Gasteiger charge is 2.39. The van der Waals surface area contributed by atoms with Crippen LogP contribution in [0.3, 0.4) is 0 Å². The van der Waals surface area contributed by atoms with E-state index in [-0.39, 0.29) is 11.6 Å². The molecule has 0 spiro atoms. The van der Waals surface area contributed by atoms with Crippen molar-refractivity contribution in [3.8, 4) is 0 Å². The van der Waals surface area contributed by atoms with Crippen molar-refractivity contribution in [2.45, 2.75) is 25.0 Å². The maximum Gasteiger partial charge on any atom is 0.0780 e. The van der Waals surface area contributed by atoms with Gasteiger partial charge in [-0.2, -0.15) is 0 Å². The summed E-state index contributed by atoms with van der Waals surface area (Å²) in [6.45, 7) is 2.98. The molecular weight excluding hydrogens is 170 g/mol. The first-order chi connectivity index (χ1) is 5.73. The first-order valence-electron chi connectivity index (χ1n) is 4.20. The Morgan fingerprint density at radius 3 is 3.08 bits per heavy atom. The SMILES string of the molecule is CC1(c2cccs2)NCCC1O. The number of aliphatic hydroxyl groups is 1. The van der Waals surface area contributed by atoms with Crippen LogP contribution in [0, 0.1) is 0 Å². The lowest BCUT2D eigenvalue weighted by Gasteiger charge is -2.26. The van der Waals surface area contributed by atoms with E-state index < -0.39 is 0 Å².